The predicted molar refractivity (Wildman–Crippen MR) is 139 cm³/mol. The van der Waals surface area contributed by atoms with Gasteiger partial charge in [0.1, 0.15) is 0 Å². The molecular formula is C29H52O4. The van der Waals surface area contributed by atoms with E-state index in [1.54, 1.807) is 6.07 Å². The van der Waals surface area contributed by atoms with Crippen LogP contribution in [0.15, 0.2) is 18.2 Å². The first-order valence-electron chi connectivity index (χ1n) is 13.9. The van der Waals surface area contributed by atoms with E-state index in [1.807, 2.05) is 6.07 Å². The maximum absolute atomic E-state index is 9.92. The van der Waals surface area contributed by atoms with Crippen molar-refractivity contribution in [2.45, 2.75) is 136 Å². The van der Waals surface area contributed by atoms with E-state index in [0.29, 0.717) is 0 Å². The Hall–Kier alpha value is -1.26. The third-order valence-corrected chi connectivity index (χ3v) is 6.34. The lowest BCUT2D eigenvalue weighted by atomic mass is 10.0. The molecule has 4 heteroatoms. The summed E-state index contributed by atoms with van der Waals surface area (Å²) in [6.45, 7) is 6.13. The van der Waals surface area contributed by atoms with Gasteiger partial charge in [-0.1, -0.05) is 103 Å². The molecule has 0 aliphatic rings. The average molecular weight is 465 g/mol. The maximum atomic E-state index is 9.92. The normalized spacial score (nSPS) is 11.5. The minimum absolute atomic E-state index is 0.0274. The number of ether oxygens (including phenoxy) is 2. The second kappa shape index (κ2) is 21.3. The fraction of sp³-hybridized carbons (Fsp3) is 0.793. The SMILES string of the molecule is CCCCCCCCOC(CCCCCCc1cccc(O)c1O)OCCCCCCCC. The van der Waals surface area contributed by atoms with Crippen LogP contribution in [0, 0.1) is 0 Å². The van der Waals surface area contributed by atoms with Gasteiger partial charge in [-0.05, 0) is 50.2 Å². The number of rotatable bonds is 23. The van der Waals surface area contributed by atoms with Crippen LogP contribution in [0.1, 0.15) is 129 Å². The van der Waals surface area contributed by atoms with E-state index < -0.39 is 0 Å². The number of hydrogen-bond acceptors (Lipinski definition) is 4. The molecule has 0 heterocycles. The summed E-state index contributed by atoms with van der Waals surface area (Å²) in [6.07, 6.45) is 21.4. The summed E-state index contributed by atoms with van der Waals surface area (Å²) < 4.78 is 12.2. The Morgan fingerprint density at radius 1 is 0.636 bits per heavy atom. The van der Waals surface area contributed by atoms with Gasteiger partial charge >= 0.3 is 0 Å². The van der Waals surface area contributed by atoms with Crippen LogP contribution < -0.4 is 0 Å². The van der Waals surface area contributed by atoms with Gasteiger partial charge in [0, 0.05) is 13.2 Å². The van der Waals surface area contributed by atoms with Crippen LogP contribution in [-0.4, -0.2) is 29.7 Å². The minimum atomic E-state index is -0.0635. The van der Waals surface area contributed by atoms with Crippen molar-refractivity contribution >= 4 is 0 Å². The quantitative estimate of drug-likeness (QED) is 0.0966. The zero-order valence-corrected chi connectivity index (χ0v) is 21.7. The molecule has 0 aliphatic heterocycles. The first kappa shape index (κ1) is 29.8. The molecule has 0 aliphatic carbocycles. The predicted octanol–water partition coefficient (Wildman–Crippen LogP) is 8.67. The summed E-state index contributed by atoms with van der Waals surface area (Å²) in [6, 6.07) is 5.20. The van der Waals surface area contributed by atoms with E-state index in [4.69, 9.17) is 9.47 Å². The zero-order valence-electron chi connectivity index (χ0n) is 21.7. The molecule has 0 amide bonds. The van der Waals surface area contributed by atoms with Gasteiger partial charge in [-0.25, -0.2) is 0 Å². The maximum Gasteiger partial charge on any atom is 0.160 e. The summed E-state index contributed by atoms with van der Waals surface area (Å²) in [5, 5.41) is 19.5. The number of unbranched alkanes of at least 4 members (excludes halogenated alkanes) is 13. The molecule has 2 N–H and O–H groups in total. The summed E-state index contributed by atoms with van der Waals surface area (Å²) in [5.41, 5.74) is 0.831. The van der Waals surface area contributed by atoms with Crippen LogP contribution in [0.4, 0.5) is 0 Å². The highest BCUT2D eigenvalue weighted by atomic mass is 16.7. The largest absolute Gasteiger partial charge is 0.504 e. The number of aryl methyl sites for hydroxylation is 1. The van der Waals surface area contributed by atoms with Crippen LogP contribution >= 0.6 is 0 Å². The van der Waals surface area contributed by atoms with E-state index in [9.17, 15) is 10.2 Å². The van der Waals surface area contributed by atoms with E-state index in [2.05, 4.69) is 13.8 Å². The van der Waals surface area contributed by atoms with Crippen molar-refractivity contribution < 1.29 is 19.7 Å². The number of aromatic hydroxyl groups is 2. The molecule has 4 nitrogen and oxygen atoms in total. The van der Waals surface area contributed by atoms with Crippen molar-refractivity contribution in [3.8, 4) is 11.5 Å². The fourth-order valence-electron chi connectivity index (χ4n) is 4.17. The van der Waals surface area contributed by atoms with Gasteiger partial charge in [0.15, 0.2) is 17.8 Å². The molecular weight excluding hydrogens is 412 g/mol. The van der Waals surface area contributed by atoms with E-state index in [1.165, 1.54) is 70.3 Å². The molecule has 1 aromatic rings. The molecule has 0 saturated carbocycles. The monoisotopic (exact) mass is 464 g/mol. The van der Waals surface area contributed by atoms with Gasteiger partial charge in [-0.3, -0.25) is 0 Å². The van der Waals surface area contributed by atoms with Crippen LogP contribution in [0.25, 0.3) is 0 Å². The number of benzene rings is 1. The Kier molecular flexibility index (Phi) is 19.2. The highest BCUT2D eigenvalue weighted by molar-refractivity contribution is 5.44. The average Bonchev–Trinajstić information content (AvgIpc) is 2.82. The Balaban J connectivity index is 2.20. The van der Waals surface area contributed by atoms with Crippen molar-refractivity contribution in [2.24, 2.45) is 0 Å². The van der Waals surface area contributed by atoms with Crippen LogP contribution in [0.5, 0.6) is 11.5 Å². The van der Waals surface area contributed by atoms with E-state index in [0.717, 1.165) is 70.1 Å². The van der Waals surface area contributed by atoms with Gasteiger partial charge < -0.3 is 19.7 Å². The Bertz CT molecular complexity index is 543. The van der Waals surface area contributed by atoms with Crippen LogP contribution in [-0.2, 0) is 15.9 Å². The van der Waals surface area contributed by atoms with Crippen LogP contribution in [0.2, 0.25) is 0 Å². The van der Waals surface area contributed by atoms with Crippen molar-refractivity contribution in [3.63, 3.8) is 0 Å². The van der Waals surface area contributed by atoms with E-state index in [-0.39, 0.29) is 17.8 Å². The lowest BCUT2D eigenvalue weighted by molar-refractivity contribution is -0.148. The van der Waals surface area contributed by atoms with Gasteiger partial charge in [0.05, 0.1) is 0 Å². The highest BCUT2D eigenvalue weighted by Gasteiger charge is 2.10. The molecule has 0 unspecified atom stereocenters. The van der Waals surface area contributed by atoms with Crippen molar-refractivity contribution in [3.05, 3.63) is 23.8 Å². The van der Waals surface area contributed by atoms with Crippen LogP contribution in [0.3, 0.4) is 0 Å². The molecule has 0 bridgehead atoms. The van der Waals surface area contributed by atoms with Gasteiger partial charge in [-0.15, -0.1) is 0 Å². The van der Waals surface area contributed by atoms with Crippen molar-refractivity contribution in [2.75, 3.05) is 13.2 Å². The third kappa shape index (κ3) is 16.1. The number of phenols is 2. The smallest absolute Gasteiger partial charge is 0.160 e. The first-order chi connectivity index (χ1) is 16.2. The Labute approximate surface area is 204 Å². The molecule has 0 atom stereocenters. The third-order valence-electron chi connectivity index (χ3n) is 6.34. The topological polar surface area (TPSA) is 58.9 Å². The number of para-hydroxylation sites is 1. The molecule has 0 aromatic heterocycles. The second-order valence-electron chi connectivity index (χ2n) is 9.44. The van der Waals surface area contributed by atoms with Crippen molar-refractivity contribution in [1.82, 2.24) is 0 Å². The lowest BCUT2D eigenvalue weighted by Gasteiger charge is -2.19. The Morgan fingerprint density at radius 2 is 1.15 bits per heavy atom. The number of phenolic OH excluding ortho intramolecular Hbond substituents is 2. The minimum Gasteiger partial charge on any atom is -0.504 e. The van der Waals surface area contributed by atoms with Gasteiger partial charge in [0.2, 0.25) is 0 Å². The summed E-state index contributed by atoms with van der Waals surface area (Å²) in [5.74, 6) is 0.00381. The molecule has 0 spiro atoms. The standard InChI is InChI=1S/C29H52O4/c1-3-5-7-9-13-17-24-32-28(33-25-18-14-10-8-6-4-2)23-16-12-11-15-20-26-21-19-22-27(30)29(26)31/h19,21-22,28,30-31H,3-18,20,23-25H2,1-2H3. The summed E-state index contributed by atoms with van der Waals surface area (Å²) in [4.78, 5) is 0. The molecule has 0 radical (unpaired) electrons. The first-order valence-corrected chi connectivity index (χ1v) is 13.9. The molecule has 192 valence electrons. The molecule has 0 saturated heterocycles. The van der Waals surface area contributed by atoms with Crippen molar-refractivity contribution in [1.29, 1.82) is 0 Å². The number of hydrogen-bond donors (Lipinski definition) is 2. The molecule has 0 fully saturated rings. The molecule has 33 heavy (non-hydrogen) atoms. The zero-order chi connectivity index (χ0) is 24.0. The fourth-order valence-corrected chi connectivity index (χ4v) is 4.17. The summed E-state index contributed by atoms with van der Waals surface area (Å²) in [7, 11) is 0. The van der Waals surface area contributed by atoms with Gasteiger partial charge in [-0.2, -0.15) is 0 Å². The second-order valence-corrected chi connectivity index (χ2v) is 9.44. The molecule has 1 aromatic carbocycles. The molecule has 1 rings (SSSR count). The summed E-state index contributed by atoms with van der Waals surface area (Å²) >= 11 is 0. The highest BCUT2D eigenvalue weighted by Crippen LogP contribution is 2.29. The van der Waals surface area contributed by atoms with E-state index >= 15 is 0 Å². The van der Waals surface area contributed by atoms with Gasteiger partial charge in [0.25, 0.3) is 0 Å². The lowest BCUT2D eigenvalue weighted by Crippen LogP contribution is -2.19. The Morgan fingerprint density at radius 3 is 1.76 bits per heavy atom.